The minimum atomic E-state index is -0.580. The summed E-state index contributed by atoms with van der Waals surface area (Å²) in [5, 5.41) is 8.16. The number of carbonyl (C=O) groups is 1. The van der Waals surface area contributed by atoms with Gasteiger partial charge in [-0.05, 0) is 30.3 Å². The van der Waals surface area contributed by atoms with Gasteiger partial charge in [-0.1, -0.05) is 11.3 Å². The fraction of sp³-hybridized carbons (Fsp3) is 0.364. The summed E-state index contributed by atoms with van der Waals surface area (Å²) < 4.78 is 31.8. The number of ether oxygens (including phenoxy) is 3. The minimum absolute atomic E-state index is 0.0517. The Balaban J connectivity index is 1.15. The number of morpholine rings is 1. The monoisotopic (exact) mass is 471 g/mol. The lowest BCUT2D eigenvalue weighted by atomic mass is 10.1. The summed E-state index contributed by atoms with van der Waals surface area (Å²) in [5.74, 6) is 1.60. The molecule has 2 aromatic heterocycles. The van der Waals surface area contributed by atoms with Gasteiger partial charge in [0.15, 0.2) is 17.3 Å². The van der Waals surface area contributed by atoms with E-state index in [0.29, 0.717) is 62.3 Å². The number of halogens is 1. The van der Waals surface area contributed by atoms with E-state index >= 15 is 0 Å². The summed E-state index contributed by atoms with van der Waals surface area (Å²) in [4.78, 5) is 19.4. The molecule has 1 atom stereocenters. The quantitative estimate of drug-likeness (QED) is 0.399. The Kier molecular flexibility index (Phi) is 6.40. The molecule has 0 saturated carbocycles. The van der Waals surface area contributed by atoms with Gasteiger partial charge in [0, 0.05) is 24.4 Å². The maximum atomic E-state index is 13.4. The van der Waals surface area contributed by atoms with E-state index in [2.05, 4.69) is 15.3 Å². The summed E-state index contributed by atoms with van der Waals surface area (Å²) in [6.45, 7) is 2.57. The molecule has 1 unspecified atom stereocenters. The summed E-state index contributed by atoms with van der Waals surface area (Å²) in [7, 11) is 0. The maximum absolute atomic E-state index is 13.4. The van der Waals surface area contributed by atoms with E-state index in [1.165, 1.54) is 22.5 Å². The molecule has 1 saturated heterocycles. The second-order valence-electron chi connectivity index (χ2n) is 7.60. The number of aromatic nitrogens is 4. The first kappa shape index (κ1) is 21.7. The van der Waals surface area contributed by atoms with Gasteiger partial charge in [-0.3, -0.25) is 4.79 Å². The van der Waals surface area contributed by atoms with Crippen molar-refractivity contribution in [3.8, 4) is 17.3 Å². The van der Waals surface area contributed by atoms with Crippen LogP contribution in [-0.4, -0.2) is 75.6 Å². The largest absolute Gasteiger partial charge is 0.486 e. The number of benzene rings is 1. The standard InChI is InChI=1S/C22H22FN5O4S/c23-20-2-1-3-21(24-20)28-12-15(25-26-28)10-16-13-27(6-7-30-16)22(29)14-33-17-4-5-18-19(11-17)32-9-8-31-18/h1-5,11-12,16H,6-10,13-14H2. The van der Waals surface area contributed by atoms with E-state index in [-0.39, 0.29) is 12.0 Å². The number of hydrogen-bond donors (Lipinski definition) is 0. The van der Waals surface area contributed by atoms with E-state index in [0.717, 1.165) is 10.6 Å². The summed E-state index contributed by atoms with van der Waals surface area (Å²) in [6.07, 6.45) is 2.01. The van der Waals surface area contributed by atoms with E-state index in [1.807, 2.05) is 23.1 Å². The molecule has 0 bridgehead atoms. The zero-order chi connectivity index (χ0) is 22.6. The molecule has 1 amide bonds. The second kappa shape index (κ2) is 9.75. The molecule has 5 rings (SSSR count). The molecule has 11 heteroatoms. The van der Waals surface area contributed by atoms with Gasteiger partial charge in [0.1, 0.15) is 13.2 Å². The Bertz CT molecular complexity index is 1140. The van der Waals surface area contributed by atoms with Crippen molar-refractivity contribution in [3.05, 3.63) is 54.2 Å². The van der Waals surface area contributed by atoms with Crippen LogP contribution in [0.1, 0.15) is 5.69 Å². The highest BCUT2D eigenvalue weighted by Gasteiger charge is 2.25. The molecule has 0 spiro atoms. The lowest BCUT2D eigenvalue weighted by Gasteiger charge is -2.32. The second-order valence-corrected chi connectivity index (χ2v) is 8.65. The molecule has 3 aromatic rings. The third kappa shape index (κ3) is 5.25. The van der Waals surface area contributed by atoms with Crippen LogP contribution in [0.2, 0.25) is 0 Å². The average Bonchev–Trinajstić information content (AvgIpc) is 3.31. The van der Waals surface area contributed by atoms with Crippen molar-refractivity contribution < 1.29 is 23.4 Å². The third-order valence-electron chi connectivity index (χ3n) is 5.28. The number of amides is 1. The van der Waals surface area contributed by atoms with Crippen LogP contribution in [0.3, 0.4) is 0 Å². The van der Waals surface area contributed by atoms with Gasteiger partial charge in [0.05, 0.1) is 30.4 Å². The predicted octanol–water partition coefficient (Wildman–Crippen LogP) is 2.13. The van der Waals surface area contributed by atoms with Gasteiger partial charge >= 0.3 is 0 Å². The average molecular weight is 472 g/mol. The number of rotatable bonds is 6. The first-order valence-corrected chi connectivity index (χ1v) is 11.6. The highest BCUT2D eigenvalue weighted by Crippen LogP contribution is 2.34. The number of hydrogen-bond acceptors (Lipinski definition) is 8. The van der Waals surface area contributed by atoms with Crippen LogP contribution in [0.4, 0.5) is 4.39 Å². The number of nitrogens with zero attached hydrogens (tertiary/aromatic N) is 5. The van der Waals surface area contributed by atoms with Gasteiger partial charge in [-0.25, -0.2) is 9.67 Å². The van der Waals surface area contributed by atoms with Crippen molar-refractivity contribution in [1.29, 1.82) is 0 Å². The van der Waals surface area contributed by atoms with Crippen LogP contribution in [-0.2, 0) is 16.0 Å². The third-order valence-corrected chi connectivity index (χ3v) is 6.26. The van der Waals surface area contributed by atoms with Crippen molar-refractivity contribution in [1.82, 2.24) is 24.9 Å². The SMILES string of the molecule is O=C(CSc1ccc2c(c1)OCCO2)N1CCOC(Cc2cn(-c3cccc(F)n3)nn2)C1. The van der Waals surface area contributed by atoms with Crippen LogP contribution in [0.25, 0.3) is 5.82 Å². The highest BCUT2D eigenvalue weighted by molar-refractivity contribution is 8.00. The topological polar surface area (TPSA) is 91.6 Å². The summed E-state index contributed by atoms with van der Waals surface area (Å²) >= 11 is 1.47. The van der Waals surface area contributed by atoms with Gasteiger partial charge in [0.2, 0.25) is 11.9 Å². The van der Waals surface area contributed by atoms with Crippen molar-refractivity contribution >= 4 is 17.7 Å². The summed E-state index contributed by atoms with van der Waals surface area (Å²) in [6, 6.07) is 10.2. The molecule has 172 valence electrons. The summed E-state index contributed by atoms with van der Waals surface area (Å²) in [5.41, 5.74) is 0.686. The predicted molar refractivity (Wildman–Crippen MR) is 117 cm³/mol. The van der Waals surface area contributed by atoms with Gasteiger partial charge in [-0.15, -0.1) is 16.9 Å². The molecule has 9 nitrogen and oxygen atoms in total. The number of fused-ring (bicyclic) bond motifs is 1. The molecule has 0 N–H and O–H groups in total. The smallest absolute Gasteiger partial charge is 0.233 e. The van der Waals surface area contributed by atoms with E-state index < -0.39 is 5.95 Å². The van der Waals surface area contributed by atoms with E-state index in [9.17, 15) is 9.18 Å². The Morgan fingerprint density at radius 2 is 2.03 bits per heavy atom. The fourth-order valence-electron chi connectivity index (χ4n) is 3.68. The van der Waals surface area contributed by atoms with Crippen molar-refractivity contribution in [2.75, 3.05) is 38.7 Å². The van der Waals surface area contributed by atoms with Gasteiger partial charge in [0.25, 0.3) is 0 Å². The van der Waals surface area contributed by atoms with Crippen molar-refractivity contribution in [2.45, 2.75) is 17.4 Å². The van der Waals surface area contributed by atoms with Crippen molar-refractivity contribution in [2.24, 2.45) is 0 Å². The molecule has 33 heavy (non-hydrogen) atoms. The number of thioether (sulfide) groups is 1. The Morgan fingerprint density at radius 3 is 2.91 bits per heavy atom. The van der Waals surface area contributed by atoms with Crippen LogP contribution in [0.15, 0.2) is 47.5 Å². The minimum Gasteiger partial charge on any atom is -0.486 e. The lowest BCUT2D eigenvalue weighted by Crippen LogP contribution is -2.47. The zero-order valence-corrected chi connectivity index (χ0v) is 18.5. The number of pyridine rings is 1. The van der Waals surface area contributed by atoms with Crippen LogP contribution in [0, 0.1) is 5.95 Å². The molecule has 0 radical (unpaired) electrons. The van der Waals surface area contributed by atoms with Gasteiger partial charge < -0.3 is 19.1 Å². The van der Waals surface area contributed by atoms with Crippen LogP contribution < -0.4 is 9.47 Å². The normalized spacial score (nSPS) is 17.7. The van der Waals surface area contributed by atoms with Crippen molar-refractivity contribution in [3.63, 3.8) is 0 Å². The molecular formula is C22H22FN5O4S. The zero-order valence-electron chi connectivity index (χ0n) is 17.7. The first-order valence-electron chi connectivity index (χ1n) is 10.6. The Hall–Kier alpha value is -3.18. The van der Waals surface area contributed by atoms with Crippen LogP contribution >= 0.6 is 11.8 Å². The molecule has 2 aliphatic rings. The Labute approximate surface area is 193 Å². The first-order chi connectivity index (χ1) is 16.1. The Morgan fingerprint density at radius 1 is 1.15 bits per heavy atom. The molecule has 4 heterocycles. The van der Waals surface area contributed by atoms with Crippen LogP contribution in [0.5, 0.6) is 11.5 Å². The molecule has 0 aliphatic carbocycles. The van der Waals surface area contributed by atoms with E-state index in [4.69, 9.17) is 14.2 Å². The molecule has 1 fully saturated rings. The van der Waals surface area contributed by atoms with E-state index in [1.54, 1.807) is 18.3 Å². The molecular weight excluding hydrogens is 449 g/mol. The lowest BCUT2D eigenvalue weighted by molar-refractivity contribution is -0.135. The number of carbonyl (C=O) groups excluding carboxylic acids is 1. The molecule has 1 aromatic carbocycles. The van der Waals surface area contributed by atoms with Gasteiger partial charge in [-0.2, -0.15) is 4.39 Å². The highest BCUT2D eigenvalue weighted by atomic mass is 32.2. The fourth-order valence-corrected chi connectivity index (χ4v) is 4.51. The maximum Gasteiger partial charge on any atom is 0.233 e. The molecule has 2 aliphatic heterocycles.